The van der Waals surface area contributed by atoms with Crippen LogP contribution < -0.4 is 5.32 Å². The highest BCUT2D eigenvalue weighted by Crippen LogP contribution is 2.21. The number of carbonyl (C=O) groups is 1. The number of benzene rings is 1. The molecule has 0 amide bonds. The molecule has 0 aromatic heterocycles. The molecule has 0 radical (unpaired) electrons. The van der Waals surface area contributed by atoms with Crippen molar-refractivity contribution < 1.29 is 23.8 Å². The van der Waals surface area contributed by atoms with Gasteiger partial charge in [0.1, 0.15) is 17.3 Å². The van der Waals surface area contributed by atoms with Gasteiger partial charge in [-0.1, -0.05) is 6.92 Å². The molecule has 3 N–H and O–H groups in total. The van der Waals surface area contributed by atoms with Crippen LogP contribution in [-0.4, -0.2) is 29.3 Å². The van der Waals surface area contributed by atoms with Crippen LogP contribution in [0.15, 0.2) is 12.1 Å². The van der Waals surface area contributed by atoms with E-state index in [1.807, 2.05) is 6.92 Å². The van der Waals surface area contributed by atoms with Crippen LogP contribution in [0.4, 0.5) is 14.5 Å². The number of hydrogen-bond acceptors (Lipinski definition) is 3. The van der Waals surface area contributed by atoms with E-state index in [9.17, 15) is 13.6 Å². The molecule has 0 saturated carbocycles. The summed E-state index contributed by atoms with van der Waals surface area (Å²) >= 11 is 0. The maximum Gasteiger partial charge on any atom is 0.335 e. The second kappa shape index (κ2) is 6.30. The third-order valence-electron chi connectivity index (χ3n) is 2.54. The number of nitrogens with one attached hydrogen (secondary N) is 1. The first-order chi connectivity index (χ1) is 8.45. The number of aliphatic hydroxyl groups excluding tert-OH is 1. The lowest BCUT2D eigenvalue weighted by atomic mass is 10.1. The van der Waals surface area contributed by atoms with E-state index in [1.165, 1.54) is 0 Å². The molecule has 18 heavy (non-hydrogen) atoms. The lowest BCUT2D eigenvalue weighted by Crippen LogP contribution is -2.15. The summed E-state index contributed by atoms with van der Waals surface area (Å²) in [4.78, 5) is 10.6. The zero-order chi connectivity index (χ0) is 13.7. The number of aliphatic hydroxyl groups is 1. The maximum absolute atomic E-state index is 13.5. The third kappa shape index (κ3) is 3.66. The van der Waals surface area contributed by atoms with Gasteiger partial charge in [-0.3, -0.25) is 0 Å². The van der Waals surface area contributed by atoms with Crippen molar-refractivity contribution in [3.05, 3.63) is 29.3 Å². The molecule has 6 heteroatoms. The Morgan fingerprint density at radius 1 is 1.39 bits per heavy atom. The summed E-state index contributed by atoms with van der Waals surface area (Å²) < 4.78 is 27.0. The summed E-state index contributed by atoms with van der Waals surface area (Å²) in [5.41, 5.74) is -0.774. The van der Waals surface area contributed by atoms with Gasteiger partial charge in [-0.15, -0.1) is 0 Å². The van der Waals surface area contributed by atoms with Gasteiger partial charge in [0.15, 0.2) is 0 Å². The summed E-state index contributed by atoms with van der Waals surface area (Å²) in [5, 5.41) is 19.9. The summed E-state index contributed by atoms with van der Waals surface area (Å²) in [5.74, 6) is -3.21. The maximum atomic E-state index is 13.5. The Hall–Kier alpha value is -1.69. The first-order valence-corrected chi connectivity index (χ1v) is 5.52. The normalized spacial score (nSPS) is 12.2. The van der Waals surface area contributed by atoms with Crippen molar-refractivity contribution in [2.45, 2.75) is 13.3 Å². The fourth-order valence-electron chi connectivity index (χ4n) is 1.46. The van der Waals surface area contributed by atoms with Gasteiger partial charge in [-0.25, -0.2) is 13.6 Å². The van der Waals surface area contributed by atoms with Gasteiger partial charge in [0.2, 0.25) is 0 Å². The van der Waals surface area contributed by atoms with Gasteiger partial charge in [0.05, 0.1) is 5.56 Å². The topological polar surface area (TPSA) is 69.6 Å². The number of halogens is 2. The second-order valence-electron chi connectivity index (χ2n) is 4.12. The number of rotatable bonds is 6. The minimum absolute atomic E-state index is 0.00572. The van der Waals surface area contributed by atoms with E-state index in [2.05, 4.69) is 5.32 Å². The van der Waals surface area contributed by atoms with E-state index in [0.717, 1.165) is 12.1 Å². The fraction of sp³-hybridized carbons (Fsp3) is 0.417. The molecule has 0 aliphatic carbocycles. The molecular weight excluding hydrogens is 244 g/mol. The SMILES string of the molecule is CC(CCO)CNc1c(F)cc(C(=O)O)cc1F. The lowest BCUT2D eigenvalue weighted by molar-refractivity contribution is 0.0696. The average Bonchev–Trinajstić information content (AvgIpc) is 2.27. The minimum atomic E-state index is -1.38. The Balaban J connectivity index is 2.81. The number of carboxylic acid groups (broad SMARTS) is 1. The van der Waals surface area contributed by atoms with Gasteiger partial charge in [-0.05, 0) is 24.5 Å². The van der Waals surface area contributed by atoms with Crippen LogP contribution in [0.3, 0.4) is 0 Å². The number of carboxylic acids is 1. The van der Waals surface area contributed by atoms with Crippen LogP contribution in [-0.2, 0) is 0 Å². The van der Waals surface area contributed by atoms with Crippen LogP contribution in [0.25, 0.3) is 0 Å². The smallest absolute Gasteiger partial charge is 0.335 e. The quantitative estimate of drug-likeness (QED) is 0.731. The van der Waals surface area contributed by atoms with Gasteiger partial charge in [0.25, 0.3) is 0 Å². The minimum Gasteiger partial charge on any atom is -0.478 e. The van der Waals surface area contributed by atoms with Crippen LogP contribution >= 0.6 is 0 Å². The van der Waals surface area contributed by atoms with Crippen molar-refractivity contribution in [2.24, 2.45) is 5.92 Å². The summed E-state index contributed by atoms with van der Waals surface area (Å²) in [6.45, 7) is 2.12. The highest BCUT2D eigenvalue weighted by molar-refractivity contribution is 5.88. The average molecular weight is 259 g/mol. The zero-order valence-corrected chi connectivity index (χ0v) is 9.91. The highest BCUT2D eigenvalue weighted by Gasteiger charge is 2.15. The van der Waals surface area contributed by atoms with E-state index in [0.29, 0.717) is 13.0 Å². The van der Waals surface area contributed by atoms with E-state index in [-0.39, 0.29) is 18.2 Å². The Morgan fingerprint density at radius 3 is 2.39 bits per heavy atom. The molecule has 1 unspecified atom stereocenters. The molecule has 0 bridgehead atoms. The highest BCUT2D eigenvalue weighted by atomic mass is 19.1. The van der Waals surface area contributed by atoms with Crippen LogP contribution in [0.1, 0.15) is 23.7 Å². The molecule has 0 saturated heterocycles. The largest absolute Gasteiger partial charge is 0.478 e. The van der Waals surface area contributed by atoms with E-state index in [1.54, 1.807) is 0 Å². The Kier molecular flexibility index (Phi) is 5.03. The predicted molar refractivity (Wildman–Crippen MR) is 62.7 cm³/mol. The van der Waals surface area contributed by atoms with Gasteiger partial charge in [0, 0.05) is 13.2 Å². The van der Waals surface area contributed by atoms with Crippen molar-refractivity contribution in [2.75, 3.05) is 18.5 Å². The molecular formula is C12H15F2NO3. The van der Waals surface area contributed by atoms with Crippen molar-refractivity contribution >= 4 is 11.7 Å². The Labute approximate surface area is 103 Å². The lowest BCUT2D eigenvalue weighted by Gasteiger charge is -2.13. The van der Waals surface area contributed by atoms with Crippen molar-refractivity contribution in [1.82, 2.24) is 0 Å². The van der Waals surface area contributed by atoms with E-state index >= 15 is 0 Å². The first-order valence-electron chi connectivity index (χ1n) is 5.52. The van der Waals surface area contributed by atoms with Gasteiger partial charge in [-0.2, -0.15) is 0 Å². The molecule has 0 heterocycles. The molecule has 1 aromatic rings. The molecule has 1 atom stereocenters. The van der Waals surface area contributed by atoms with Crippen LogP contribution in [0.2, 0.25) is 0 Å². The van der Waals surface area contributed by atoms with Crippen LogP contribution in [0.5, 0.6) is 0 Å². The number of anilines is 1. The Bertz CT molecular complexity index is 414. The molecule has 0 spiro atoms. The van der Waals surface area contributed by atoms with Crippen LogP contribution in [0, 0.1) is 17.6 Å². The second-order valence-corrected chi connectivity index (χ2v) is 4.12. The van der Waals surface area contributed by atoms with Crippen molar-refractivity contribution in [3.63, 3.8) is 0 Å². The summed E-state index contributed by atoms with van der Waals surface area (Å²) in [7, 11) is 0. The first kappa shape index (κ1) is 14.4. The summed E-state index contributed by atoms with van der Waals surface area (Å²) in [6, 6.07) is 1.54. The molecule has 1 aromatic carbocycles. The predicted octanol–water partition coefficient (Wildman–Crippen LogP) is 2.09. The molecule has 0 aliphatic rings. The molecule has 0 fully saturated rings. The summed E-state index contributed by atoms with van der Waals surface area (Å²) in [6.07, 6.45) is 0.517. The van der Waals surface area contributed by atoms with Crippen molar-refractivity contribution in [3.8, 4) is 0 Å². The number of aromatic carboxylic acids is 1. The monoisotopic (exact) mass is 259 g/mol. The van der Waals surface area contributed by atoms with Gasteiger partial charge < -0.3 is 15.5 Å². The Morgan fingerprint density at radius 2 is 1.94 bits per heavy atom. The standard InChI is InChI=1S/C12H15F2NO3/c1-7(2-3-16)6-15-11-9(13)4-8(12(17)18)5-10(11)14/h4-5,7,15-16H,2-3,6H2,1H3,(H,17,18). The number of hydrogen-bond donors (Lipinski definition) is 3. The van der Waals surface area contributed by atoms with Gasteiger partial charge >= 0.3 is 5.97 Å². The zero-order valence-electron chi connectivity index (χ0n) is 9.91. The van der Waals surface area contributed by atoms with Crippen molar-refractivity contribution in [1.29, 1.82) is 0 Å². The molecule has 100 valence electrons. The molecule has 4 nitrogen and oxygen atoms in total. The van der Waals surface area contributed by atoms with E-state index in [4.69, 9.17) is 10.2 Å². The molecule has 0 aliphatic heterocycles. The third-order valence-corrected chi connectivity index (χ3v) is 2.54. The fourth-order valence-corrected chi connectivity index (χ4v) is 1.46. The van der Waals surface area contributed by atoms with E-state index < -0.39 is 23.2 Å². The molecule has 1 rings (SSSR count).